The molecule has 0 amide bonds. The van der Waals surface area contributed by atoms with Crippen molar-refractivity contribution in [1.29, 1.82) is 0 Å². The van der Waals surface area contributed by atoms with Crippen molar-refractivity contribution < 1.29 is 0 Å². The molecule has 0 spiro atoms. The summed E-state index contributed by atoms with van der Waals surface area (Å²) in [6, 6.07) is 10.9. The second-order valence-electron chi connectivity index (χ2n) is 5.11. The summed E-state index contributed by atoms with van der Waals surface area (Å²) < 4.78 is 0. The minimum absolute atomic E-state index is 0.373. The minimum atomic E-state index is 0.373. The average Bonchev–Trinajstić information content (AvgIpc) is 2.33. The third-order valence-electron chi connectivity index (χ3n) is 3.70. The molecule has 2 rings (SSSR count). The molecule has 2 heteroatoms. The monoisotopic (exact) mass is 247 g/mol. The molecule has 2 N–H and O–H groups in total. The molecular formula is C15H21NS. The van der Waals surface area contributed by atoms with Gasteiger partial charge in [0.2, 0.25) is 0 Å². The predicted molar refractivity (Wildman–Crippen MR) is 77.3 cm³/mol. The summed E-state index contributed by atoms with van der Waals surface area (Å²) in [5.41, 5.74) is 7.48. The van der Waals surface area contributed by atoms with Crippen LogP contribution in [-0.2, 0) is 6.42 Å². The van der Waals surface area contributed by atoms with Gasteiger partial charge in [-0.3, -0.25) is 0 Å². The standard InChI is InChI=1S/C15H21NS/c16-15-9-5-4-8-13(15)11-14(17)10-12-6-2-1-3-7-12/h1-3,6-7,13,15H,4-5,8-11,16H2/t13-,15+/m0/s1. The Kier molecular flexibility index (Phi) is 4.69. The second-order valence-corrected chi connectivity index (χ2v) is 5.69. The van der Waals surface area contributed by atoms with Crippen molar-refractivity contribution in [3.8, 4) is 0 Å². The molecule has 0 aliphatic heterocycles. The summed E-state index contributed by atoms with van der Waals surface area (Å²) >= 11 is 5.51. The highest BCUT2D eigenvalue weighted by molar-refractivity contribution is 7.80. The van der Waals surface area contributed by atoms with E-state index in [4.69, 9.17) is 18.0 Å². The zero-order valence-corrected chi connectivity index (χ0v) is 11.1. The average molecular weight is 247 g/mol. The summed E-state index contributed by atoms with van der Waals surface area (Å²) in [6.45, 7) is 0. The van der Waals surface area contributed by atoms with Gasteiger partial charge in [0, 0.05) is 12.5 Å². The lowest BCUT2D eigenvalue weighted by atomic mass is 9.81. The molecule has 0 unspecified atom stereocenters. The number of hydrogen-bond donors (Lipinski definition) is 1. The zero-order valence-electron chi connectivity index (χ0n) is 10.3. The maximum atomic E-state index is 6.16. The summed E-state index contributed by atoms with van der Waals surface area (Å²) in [7, 11) is 0. The number of benzene rings is 1. The van der Waals surface area contributed by atoms with Gasteiger partial charge < -0.3 is 5.73 Å². The SMILES string of the molecule is N[C@@H]1CCCC[C@H]1CC(=S)Cc1ccccc1. The van der Waals surface area contributed by atoms with Crippen molar-refractivity contribution in [3.05, 3.63) is 35.9 Å². The Bertz CT molecular complexity index is 360. The van der Waals surface area contributed by atoms with E-state index >= 15 is 0 Å². The summed E-state index contributed by atoms with van der Waals surface area (Å²) in [6.07, 6.45) is 7.02. The molecule has 0 aromatic heterocycles. The highest BCUT2D eigenvalue weighted by Crippen LogP contribution is 2.26. The van der Waals surface area contributed by atoms with Gasteiger partial charge in [0.05, 0.1) is 0 Å². The third-order valence-corrected chi connectivity index (χ3v) is 4.01. The van der Waals surface area contributed by atoms with E-state index in [0.717, 1.165) is 12.8 Å². The van der Waals surface area contributed by atoms with Crippen LogP contribution in [0.2, 0.25) is 0 Å². The molecule has 17 heavy (non-hydrogen) atoms. The Morgan fingerprint density at radius 2 is 1.88 bits per heavy atom. The van der Waals surface area contributed by atoms with Gasteiger partial charge in [-0.1, -0.05) is 55.4 Å². The summed E-state index contributed by atoms with van der Waals surface area (Å²) in [5, 5.41) is 0. The Balaban J connectivity index is 1.84. The lowest BCUT2D eigenvalue weighted by Gasteiger charge is -2.28. The van der Waals surface area contributed by atoms with Crippen LogP contribution in [0.1, 0.15) is 37.7 Å². The van der Waals surface area contributed by atoms with Crippen LogP contribution in [0.15, 0.2) is 30.3 Å². The Morgan fingerprint density at radius 1 is 1.18 bits per heavy atom. The maximum Gasteiger partial charge on any atom is 0.00705 e. The van der Waals surface area contributed by atoms with E-state index < -0.39 is 0 Å². The van der Waals surface area contributed by atoms with Crippen LogP contribution in [0.3, 0.4) is 0 Å². The van der Waals surface area contributed by atoms with Crippen molar-refractivity contribution in [1.82, 2.24) is 0 Å². The smallest absolute Gasteiger partial charge is 0.00705 e. The zero-order chi connectivity index (χ0) is 12.1. The summed E-state index contributed by atoms with van der Waals surface area (Å²) in [5.74, 6) is 0.625. The fraction of sp³-hybridized carbons (Fsp3) is 0.533. The molecule has 1 aliphatic rings. The van der Waals surface area contributed by atoms with Crippen LogP contribution in [0.25, 0.3) is 0 Å². The van der Waals surface area contributed by atoms with Crippen molar-refractivity contribution in [2.75, 3.05) is 0 Å². The molecule has 1 aliphatic carbocycles. The van der Waals surface area contributed by atoms with Gasteiger partial charge in [-0.05, 0) is 35.6 Å². The molecule has 0 radical (unpaired) electrons. The molecule has 1 saturated carbocycles. The van der Waals surface area contributed by atoms with Gasteiger partial charge >= 0.3 is 0 Å². The highest BCUT2D eigenvalue weighted by Gasteiger charge is 2.22. The minimum Gasteiger partial charge on any atom is -0.327 e. The van der Waals surface area contributed by atoms with Gasteiger partial charge in [0.1, 0.15) is 0 Å². The van der Waals surface area contributed by atoms with Gasteiger partial charge in [-0.25, -0.2) is 0 Å². The quantitative estimate of drug-likeness (QED) is 0.824. The van der Waals surface area contributed by atoms with E-state index in [1.54, 1.807) is 0 Å². The lowest BCUT2D eigenvalue weighted by molar-refractivity contribution is 0.316. The number of hydrogen-bond acceptors (Lipinski definition) is 2. The van der Waals surface area contributed by atoms with Gasteiger partial charge in [-0.15, -0.1) is 0 Å². The van der Waals surface area contributed by atoms with Crippen LogP contribution in [0.5, 0.6) is 0 Å². The Hall–Kier alpha value is -0.730. The summed E-state index contributed by atoms with van der Waals surface area (Å²) in [4.78, 5) is 1.17. The van der Waals surface area contributed by atoms with Crippen molar-refractivity contribution in [2.45, 2.75) is 44.6 Å². The van der Waals surface area contributed by atoms with E-state index in [0.29, 0.717) is 12.0 Å². The van der Waals surface area contributed by atoms with Gasteiger partial charge in [-0.2, -0.15) is 0 Å². The molecule has 0 heterocycles. The van der Waals surface area contributed by atoms with Crippen LogP contribution < -0.4 is 5.73 Å². The molecule has 1 fully saturated rings. The molecule has 1 aromatic carbocycles. The van der Waals surface area contributed by atoms with Crippen LogP contribution in [0, 0.1) is 5.92 Å². The molecule has 0 bridgehead atoms. The van der Waals surface area contributed by atoms with E-state index in [9.17, 15) is 0 Å². The Labute approximate surface area is 109 Å². The number of rotatable bonds is 4. The van der Waals surface area contributed by atoms with E-state index in [2.05, 4.69) is 24.3 Å². The van der Waals surface area contributed by atoms with Crippen molar-refractivity contribution in [2.24, 2.45) is 11.7 Å². The first kappa shape index (κ1) is 12.7. The van der Waals surface area contributed by atoms with E-state index in [-0.39, 0.29) is 0 Å². The molecule has 0 saturated heterocycles. The number of nitrogens with two attached hydrogens (primary N) is 1. The number of thiocarbonyl (C=S) groups is 1. The highest BCUT2D eigenvalue weighted by atomic mass is 32.1. The largest absolute Gasteiger partial charge is 0.327 e. The van der Waals surface area contributed by atoms with Crippen LogP contribution in [-0.4, -0.2) is 10.9 Å². The van der Waals surface area contributed by atoms with E-state index in [1.165, 1.54) is 36.1 Å². The van der Waals surface area contributed by atoms with Crippen molar-refractivity contribution >= 4 is 17.1 Å². The predicted octanol–water partition coefficient (Wildman–Crippen LogP) is 3.51. The maximum absolute atomic E-state index is 6.16. The van der Waals surface area contributed by atoms with Crippen LogP contribution >= 0.6 is 12.2 Å². The Morgan fingerprint density at radius 3 is 2.59 bits per heavy atom. The van der Waals surface area contributed by atoms with Crippen molar-refractivity contribution in [3.63, 3.8) is 0 Å². The third kappa shape index (κ3) is 3.90. The first-order valence-electron chi connectivity index (χ1n) is 6.57. The molecule has 2 atom stereocenters. The first-order chi connectivity index (χ1) is 8.25. The fourth-order valence-corrected chi connectivity index (χ4v) is 3.06. The first-order valence-corrected chi connectivity index (χ1v) is 6.98. The molecular weight excluding hydrogens is 226 g/mol. The normalized spacial score (nSPS) is 24.5. The lowest BCUT2D eigenvalue weighted by Crippen LogP contribution is -2.34. The molecule has 1 nitrogen and oxygen atoms in total. The molecule has 92 valence electrons. The van der Waals surface area contributed by atoms with Crippen LogP contribution in [0.4, 0.5) is 0 Å². The van der Waals surface area contributed by atoms with Gasteiger partial charge in [0.25, 0.3) is 0 Å². The molecule has 1 aromatic rings. The topological polar surface area (TPSA) is 26.0 Å². The van der Waals surface area contributed by atoms with E-state index in [1.807, 2.05) is 6.07 Å². The van der Waals surface area contributed by atoms with Gasteiger partial charge in [0.15, 0.2) is 0 Å². The second kappa shape index (κ2) is 6.27. The fourth-order valence-electron chi connectivity index (χ4n) is 2.68.